The van der Waals surface area contributed by atoms with E-state index < -0.39 is 0 Å². The van der Waals surface area contributed by atoms with Crippen molar-refractivity contribution in [2.24, 2.45) is 0 Å². The number of hydrogen-bond acceptors (Lipinski definition) is 5. The van der Waals surface area contributed by atoms with Gasteiger partial charge in [0, 0.05) is 73.7 Å². The quantitative estimate of drug-likeness (QED) is 0.197. The molecule has 2 heterocycles. The van der Waals surface area contributed by atoms with Crippen molar-refractivity contribution in [1.29, 1.82) is 0 Å². The van der Waals surface area contributed by atoms with Crippen molar-refractivity contribution in [3.63, 3.8) is 0 Å². The largest absolute Gasteiger partial charge is 0.380 e. The molecule has 2 aliphatic heterocycles. The molecule has 4 aromatic carbocycles. The number of nitrogens with one attached hydrogen (secondary N) is 2. The van der Waals surface area contributed by atoms with Gasteiger partial charge in [-0.2, -0.15) is 0 Å². The van der Waals surface area contributed by atoms with Gasteiger partial charge < -0.3 is 25.2 Å². The lowest BCUT2D eigenvalue weighted by Crippen LogP contribution is -2.35. The fourth-order valence-electron chi connectivity index (χ4n) is 6.05. The normalized spacial score (nSPS) is 18.7. The lowest BCUT2D eigenvalue weighted by molar-refractivity contribution is 0.123. The minimum Gasteiger partial charge on any atom is -0.380 e. The lowest BCUT2D eigenvalue weighted by Gasteiger charge is -2.27. The first kappa shape index (κ1) is 32.5. The fourth-order valence-corrected chi connectivity index (χ4v) is 6.66. The van der Waals surface area contributed by atoms with Crippen LogP contribution in [0.1, 0.15) is 41.3 Å². The lowest BCUT2D eigenvalue weighted by atomic mass is 9.96. The molecule has 232 valence electrons. The van der Waals surface area contributed by atoms with Gasteiger partial charge in [0.25, 0.3) is 0 Å². The molecule has 0 aliphatic carbocycles. The zero-order chi connectivity index (χ0) is 30.9. The highest BCUT2D eigenvalue weighted by Gasteiger charge is 2.26. The number of nitrogens with zero attached hydrogens (tertiary/aromatic N) is 2. The predicted octanol–water partition coefficient (Wildman–Crippen LogP) is 7.59. The van der Waals surface area contributed by atoms with Crippen LogP contribution in [0, 0.1) is 5.82 Å². The maximum Gasteiger partial charge on any atom is 0.128 e. The van der Waals surface area contributed by atoms with Crippen molar-refractivity contribution in [2.45, 2.75) is 25.1 Å². The number of hydrogen-bond donors (Lipinski definition) is 2. The summed E-state index contributed by atoms with van der Waals surface area (Å²) in [6.07, 6.45) is 0.146. The van der Waals surface area contributed by atoms with Crippen LogP contribution in [0.15, 0.2) is 97.1 Å². The summed E-state index contributed by atoms with van der Waals surface area (Å²) in [5.41, 5.74) is 6.77. The van der Waals surface area contributed by atoms with Crippen LogP contribution in [0.5, 0.6) is 0 Å². The molecule has 0 saturated heterocycles. The van der Waals surface area contributed by atoms with E-state index in [9.17, 15) is 4.39 Å². The van der Waals surface area contributed by atoms with Crippen molar-refractivity contribution in [3.8, 4) is 0 Å². The van der Waals surface area contributed by atoms with Gasteiger partial charge in [0.2, 0.25) is 0 Å². The van der Waals surface area contributed by atoms with Gasteiger partial charge in [-0.25, -0.2) is 4.39 Å². The van der Waals surface area contributed by atoms with Crippen molar-refractivity contribution in [1.82, 2.24) is 10.6 Å². The molecule has 4 aromatic rings. The van der Waals surface area contributed by atoms with Crippen LogP contribution in [0.4, 0.5) is 15.8 Å². The number of alkyl halides is 1. The first-order chi connectivity index (χ1) is 21.5. The third kappa shape index (κ3) is 7.82. The average Bonchev–Trinajstić information content (AvgIpc) is 3.34. The molecule has 3 unspecified atom stereocenters. The molecular weight excluding hydrogens is 639 g/mol. The van der Waals surface area contributed by atoms with Crippen LogP contribution in [-0.4, -0.2) is 57.8 Å². The van der Waals surface area contributed by atoms with Crippen molar-refractivity contribution < 1.29 is 9.13 Å². The van der Waals surface area contributed by atoms with Gasteiger partial charge in [0.05, 0.1) is 18.2 Å². The molecule has 2 N–H and O–H groups in total. The number of para-hydroxylation sites is 1. The number of benzene rings is 4. The van der Waals surface area contributed by atoms with Gasteiger partial charge in [-0.05, 0) is 53.9 Å². The second kappa shape index (κ2) is 15.9. The highest BCUT2D eigenvalue weighted by atomic mass is 79.9. The molecule has 0 bridgehead atoms. The van der Waals surface area contributed by atoms with E-state index in [0.29, 0.717) is 5.56 Å². The molecule has 0 spiro atoms. The number of ether oxygens (including phenoxy) is 1. The molecule has 8 heteroatoms. The highest BCUT2D eigenvalue weighted by molar-refractivity contribution is 9.09. The van der Waals surface area contributed by atoms with Gasteiger partial charge in [0.1, 0.15) is 5.82 Å². The Morgan fingerprint density at radius 1 is 0.818 bits per heavy atom. The smallest absolute Gasteiger partial charge is 0.128 e. The Balaban J connectivity index is 0.000000175. The molecule has 0 aromatic heterocycles. The summed E-state index contributed by atoms with van der Waals surface area (Å²) in [5, 5.41) is 8.90. The first-order valence-corrected chi connectivity index (χ1v) is 16.7. The zero-order valence-corrected chi connectivity index (χ0v) is 27.7. The summed E-state index contributed by atoms with van der Waals surface area (Å²) in [6.45, 7) is 7.51. The molecule has 6 rings (SSSR count). The fraction of sp³-hybridized carbons (Fsp3) is 0.333. The van der Waals surface area contributed by atoms with E-state index >= 15 is 0 Å². The van der Waals surface area contributed by atoms with E-state index in [1.807, 2.05) is 30.3 Å². The topological polar surface area (TPSA) is 39.8 Å². The molecule has 5 nitrogen and oxygen atoms in total. The minimum absolute atomic E-state index is 0.129. The summed E-state index contributed by atoms with van der Waals surface area (Å²) >= 11 is 9.80. The van der Waals surface area contributed by atoms with Gasteiger partial charge in [-0.15, -0.1) is 0 Å². The Bertz CT molecular complexity index is 1490. The maximum atomic E-state index is 14.3. The SMILES string of the molecule is COC(C)CN1CCNC(c2ccccc2F)c2ccccc21.Clc1ccc2c(c1)C(c1ccccc1)NCCN2CCBr. The molecule has 44 heavy (non-hydrogen) atoms. The second-order valence-corrected chi connectivity index (χ2v) is 12.4. The molecule has 0 radical (unpaired) electrons. The van der Waals surface area contributed by atoms with E-state index in [2.05, 4.69) is 97.9 Å². The summed E-state index contributed by atoms with van der Waals surface area (Å²) < 4.78 is 19.7. The monoisotopic (exact) mass is 678 g/mol. The Labute approximate surface area is 274 Å². The summed E-state index contributed by atoms with van der Waals surface area (Å²) in [5.74, 6) is -0.168. The van der Waals surface area contributed by atoms with E-state index in [-0.39, 0.29) is 24.0 Å². The van der Waals surface area contributed by atoms with Gasteiger partial charge >= 0.3 is 0 Å². The number of methoxy groups -OCH3 is 1. The maximum absolute atomic E-state index is 14.3. The number of rotatable bonds is 7. The van der Waals surface area contributed by atoms with Crippen LogP contribution in [-0.2, 0) is 4.74 Å². The number of halogens is 3. The summed E-state index contributed by atoms with van der Waals surface area (Å²) in [7, 11) is 1.73. The molecule has 0 fully saturated rings. The zero-order valence-electron chi connectivity index (χ0n) is 25.4. The van der Waals surface area contributed by atoms with E-state index in [1.54, 1.807) is 13.2 Å². The summed E-state index contributed by atoms with van der Waals surface area (Å²) in [6, 6.07) is 32.1. The molecule has 2 aliphatic rings. The third-order valence-corrected chi connectivity index (χ3v) is 8.86. The molecule has 0 saturated carbocycles. The number of anilines is 2. The Morgan fingerprint density at radius 2 is 1.45 bits per heavy atom. The van der Waals surface area contributed by atoms with Crippen molar-refractivity contribution >= 4 is 38.9 Å². The van der Waals surface area contributed by atoms with Crippen molar-refractivity contribution in [2.75, 3.05) is 61.5 Å². The van der Waals surface area contributed by atoms with Crippen LogP contribution < -0.4 is 20.4 Å². The Kier molecular flexibility index (Phi) is 11.7. The van der Waals surface area contributed by atoms with Gasteiger partial charge in [-0.1, -0.05) is 94.3 Å². The number of fused-ring (bicyclic) bond motifs is 2. The van der Waals surface area contributed by atoms with E-state index in [1.165, 1.54) is 22.9 Å². The van der Waals surface area contributed by atoms with Gasteiger partial charge in [-0.3, -0.25) is 0 Å². The standard InChI is InChI=1S/C19H23FN2O.C17H18BrClN2/c1-14(23-2)13-22-12-11-21-19(15-7-3-5-9-17(15)20)16-8-4-6-10-18(16)22;18-8-10-21-11-9-20-17(13-4-2-1-3-5-13)15-12-14(19)6-7-16(15)21/h3-10,14,19,21H,11-13H2,1-2H3;1-7,12,17,20H,8-11H2. The predicted molar refractivity (Wildman–Crippen MR) is 185 cm³/mol. The third-order valence-electron chi connectivity index (χ3n) is 8.27. The van der Waals surface area contributed by atoms with Crippen LogP contribution in [0.25, 0.3) is 0 Å². The van der Waals surface area contributed by atoms with E-state index in [4.69, 9.17) is 16.3 Å². The van der Waals surface area contributed by atoms with Crippen LogP contribution in [0.2, 0.25) is 5.02 Å². The van der Waals surface area contributed by atoms with Crippen LogP contribution in [0.3, 0.4) is 0 Å². The van der Waals surface area contributed by atoms with Gasteiger partial charge in [0.15, 0.2) is 0 Å². The summed E-state index contributed by atoms with van der Waals surface area (Å²) in [4.78, 5) is 4.73. The van der Waals surface area contributed by atoms with E-state index in [0.717, 1.165) is 60.9 Å². The van der Waals surface area contributed by atoms with Crippen molar-refractivity contribution in [3.05, 3.63) is 130 Å². The van der Waals surface area contributed by atoms with Crippen LogP contribution >= 0.6 is 27.5 Å². The Morgan fingerprint density at radius 3 is 2.18 bits per heavy atom. The molecule has 3 atom stereocenters. The second-order valence-electron chi connectivity index (χ2n) is 11.1. The molecular formula is C36H41BrClFN4O. The molecule has 0 amide bonds. The average molecular weight is 680 g/mol. The first-order valence-electron chi connectivity index (χ1n) is 15.2. The highest BCUT2D eigenvalue weighted by Crippen LogP contribution is 2.35. The Hall–Kier alpha value is -2.94. The minimum atomic E-state index is -0.168.